The van der Waals surface area contributed by atoms with E-state index in [9.17, 15) is 0 Å². The Bertz CT molecular complexity index is 98.3. The first-order valence-corrected chi connectivity index (χ1v) is 6.31. The molecule has 0 saturated carbocycles. The van der Waals surface area contributed by atoms with Crippen LogP contribution in [0.15, 0.2) is 0 Å². The summed E-state index contributed by atoms with van der Waals surface area (Å²) in [5, 5.41) is 0. The molecule has 1 aliphatic heterocycles. The van der Waals surface area contributed by atoms with Crippen molar-refractivity contribution < 1.29 is 0 Å². The second-order valence-electron chi connectivity index (χ2n) is 4.20. The van der Waals surface area contributed by atoms with E-state index in [2.05, 4.69) is 20.8 Å². The van der Waals surface area contributed by atoms with E-state index in [1.165, 1.54) is 17.9 Å². The molecule has 0 N–H and O–H groups in total. The number of rotatable bonds is 1. The van der Waals surface area contributed by atoms with E-state index in [0.717, 1.165) is 5.92 Å². The molecular weight excluding hydrogens is 160 g/mol. The van der Waals surface area contributed by atoms with Crippen LogP contribution < -0.4 is 0 Å². The smallest absolute Gasteiger partial charge is 0.00737 e. The molecule has 0 aliphatic carbocycles. The van der Waals surface area contributed by atoms with Gasteiger partial charge in [0.2, 0.25) is 0 Å². The van der Waals surface area contributed by atoms with Crippen molar-refractivity contribution >= 4 is 21.6 Å². The van der Waals surface area contributed by atoms with Gasteiger partial charge < -0.3 is 0 Å². The molecule has 0 aromatic heterocycles. The maximum Gasteiger partial charge on any atom is 0.00737 e. The average Bonchev–Trinajstić information content (AvgIpc) is 2.12. The summed E-state index contributed by atoms with van der Waals surface area (Å²) in [6, 6.07) is 0. The zero-order valence-corrected chi connectivity index (χ0v) is 8.65. The van der Waals surface area contributed by atoms with Crippen LogP contribution in [-0.2, 0) is 0 Å². The van der Waals surface area contributed by atoms with Gasteiger partial charge in [0.25, 0.3) is 0 Å². The predicted molar refractivity (Wildman–Crippen MR) is 52.5 cm³/mol. The Kier molecular flexibility index (Phi) is 2.99. The van der Waals surface area contributed by atoms with Gasteiger partial charge in [-0.15, -0.1) is 0 Å². The van der Waals surface area contributed by atoms with Crippen LogP contribution in [0.1, 0.15) is 27.2 Å². The van der Waals surface area contributed by atoms with Gasteiger partial charge in [0.1, 0.15) is 0 Å². The Balaban J connectivity index is 2.24. The van der Waals surface area contributed by atoms with Gasteiger partial charge in [-0.1, -0.05) is 42.4 Å². The molecule has 0 bridgehead atoms. The van der Waals surface area contributed by atoms with Crippen molar-refractivity contribution in [3.63, 3.8) is 0 Å². The van der Waals surface area contributed by atoms with Gasteiger partial charge in [-0.25, -0.2) is 0 Å². The van der Waals surface area contributed by atoms with Crippen LogP contribution in [0.2, 0.25) is 0 Å². The monoisotopic (exact) mass is 176 g/mol. The molecule has 2 heteroatoms. The van der Waals surface area contributed by atoms with Gasteiger partial charge in [-0.3, -0.25) is 0 Å². The molecule has 0 atom stereocenters. The number of hydrogen-bond acceptors (Lipinski definition) is 2. The Labute approximate surface area is 71.9 Å². The van der Waals surface area contributed by atoms with Gasteiger partial charge >= 0.3 is 0 Å². The molecule has 0 nitrogen and oxygen atoms in total. The molecule has 1 heterocycles. The average molecular weight is 176 g/mol. The number of hydrogen-bond donors (Lipinski definition) is 0. The van der Waals surface area contributed by atoms with E-state index >= 15 is 0 Å². The highest BCUT2D eigenvalue weighted by molar-refractivity contribution is 8.77. The zero-order valence-electron chi connectivity index (χ0n) is 7.02. The van der Waals surface area contributed by atoms with Crippen molar-refractivity contribution in [1.82, 2.24) is 0 Å². The van der Waals surface area contributed by atoms with Gasteiger partial charge in [-0.05, 0) is 17.8 Å². The summed E-state index contributed by atoms with van der Waals surface area (Å²) in [4.78, 5) is 0. The van der Waals surface area contributed by atoms with E-state index in [1.807, 2.05) is 21.6 Å². The summed E-state index contributed by atoms with van der Waals surface area (Å²) in [5.41, 5.74) is 0.538. The van der Waals surface area contributed by atoms with Crippen molar-refractivity contribution in [2.45, 2.75) is 27.2 Å². The highest BCUT2D eigenvalue weighted by Gasteiger charge is 2.22. The van der Waals surface area contributed by atoms with E-state index in [1.54, 1.807) is 0 Å². The van der Waals surface area contributed by atoms with Gasteiger partial charge in [0.15, 0.2) is 0 Å². The molecule has 0 aromatic carbocycles. The second-order valence-corrected chi connectivity index (χ2v) is 6.75. The van der Waals surface area contributed by atoms with E-state index in [4.69, 9.17) is 0 Å². The fourth-order valence-corrected chi connectivity index (χ4v) is 4.25. The Hall–Kier alpha value is 0.700. The SMILES string of the molecule is CC(C)(C)CC1CSSC1. The van der Waals surface area contributed by atoms with Crippen LogP contribution in [0.4, 0.5) is 0 Å². The third kappa shape index (κ3) is 3.20. The molecular formula is C8H16S2. The van der Waals surface area contributed by atoms with Crippen LogP contribution in [0.3, 0.4) is 0 Å². The lowest BCUT2D eigenvalue weighted by molar-refractivity contribution is 0.327. The Morgan fingerprint density at radius 3 is 2.10 bits per heavy atom. The van der Waals surface area contributed by atoms with Crippen LogP contribution in [0.5, 0.6) is 0 Å². The first-order valence-electron chi connectivity index (χ1n) is 3.82. The minimum atomic E-state index is 0.538. The second kappa shape index (κ2) is 3.40. The third-order valence-corrected chi connectivity index (χ3v) is 4.29. The van der Waals surface area contributed by atoms with Crippen LogP contribution in [-0.4, -0.2) is 11.5 Å². The van der Waals surface area contributed by atoms with Crippen LogP contribution in [0, 0.1) is 11.3 Å². The molecule has 1 fully saturated rings. The van der Waals surface area contributed by atoms with Crippen LogP contribution >= 0.6 is 21.6 Å². The Morgan fingerprint density at radius 1 is 1.20 bits per heavy atom. The lowest BCUT2D eigenvalue weighted by Crippen LogP contribution is -2.14. The Morgan fingerprint density at radius 2 is 1.70 bits per heavy atom. The largest absolute Gasteiger partial charge is 0.0938 e. The normalized spacial score (nSPS) is 21.9. The quantitative estimate of drug-likeness (QED) is 0.561. The van der Waals surface area contributed by atoms with Crippen molar-refractivity contribution in [1.29, 1.82) is 0 Å². The molecule has 0 unspecified atom stereocenters. The van der Waals surface area contributed by atoms with Gasteiger partial charge in [0.05, 0.1) is 0 Å². The first kappa shape index (κ1) is 8.79. The standard InChI is InChI=1S/C8H16S2/c1-8(2,3)4-7-5-9-10-6-7/h7H,4-6H2,1-3H3. The molecule has 60 valence electrons. The maximum absolute atomic E-state index is 2.33. The topological polar surface area (TPSA) is 0 Å². The fourth-order valence-electron chi connectivity index (χ4n) is 1.32. The predicted octanol–water partition coefficient (Wildman–Crippen LogP) is 3.43. The third-order valence-electron chi connectivity index (χ3n) is 1.59. The minimum absolute atomic E-state index is 0.538. The van der Waals surface area contributed by atoms with Crippen molar-refractivity contribution in [2.24, 2.45) is 11.3 Å². The summed E-state index contributed by atoms with van der Waals surface area (Å²) in [5.74, 6) is 3.74. The van der Waals surface area contributed by atoms with Gasteiger partial charge in [-0.2, -0.15) is 0 Å². The first-order chi connectivity index (χ1) is 4.58. The summed E-state index contributed by atoms with van der Waals surface area (Å²) in [6.45, 7) is 7.00. The molecule has 1 aliphatic rings. The fraction of sp³-hybridized carbons (Fsp3) is 1.00. The highest BCUT2D eigenvalue weighted by atomic mass is 33.1. The summed E-state index contributed by atoms with van der Waals surface area (Å²) >= 11 is 0. The zero-order chi connectivity index (χ0) is 7.61. The molecule has 0 aromatic rings. The van der Waals surface area contributed by atoms with Crippen LogP contribution in [0.25, 0.3) is 0 Å². The van der Waals surface area contributed by atoms with Gasteiger partial charge in [0, 0.05) is 11.5 Å². The lowest BCUT2D eigenvalue weighted by atomic mass is 9.86. The lowest BCUT2D eigenvalue weighted by Gasteiger charge is -2.21. The molecule has 0 amide bonds. The summed E-state index contributed by atoms with van der Waals surface area (Å²) in [6.07, 6.45) is 1.40. The molecule has 10 heavy (non-hydrogen) atoms. The molecule has 1 rings (SSSR count). The van der Waals surface area contributed by atoms with E-state index in [-0.39, 0.29) is 0 Å². The molecule has 0 radical (unpaired) electrons. The maximum atomic E-state index is 2.33. The van der Waals surface area contributed by atoms with Crippen molar-refractivity contribution in [2.75, 3.05) is 11.5 Å². The van der Waals surface area contributed by atoms with Crippen molar-refractivity contribution in [3.8, 4) is 0 Å². The summed E-state index contributed by atoms with van der Waals surface area (Å²) in [7, 11) is 4.08. The minimum Gasteiger partial charge on any atom is -0.0938 e. The van der Waals surface area contributed by atoms with Crippen molar-refractivity contribution in [3.05, 3.63) is 0 Å². The van der Waals surface area contributed by atoms with E-state index in [0.29, 0.717) is 5.41 Å². The highest BCUT2D eigenvalue weighted by Crippen LogP contribution is 2.39. The van der Waals surface area contributed by atoms with E-state index < -0.39 is 0 Å². The molecule has 0 spiro atoms. The summed E-state index contributed by atoms with van der Waals surface area (Å²) < 4.78 is 0. The molecule has 1 saturated heterocycles.